The quantitative estimate of drug-likeness (QED) is 0.307. The van der Waals surface area contributed by atoms with Gasteiger partial charge < -0.3 is 23.9 Å². The van der Waals surface area contributed by atoms with Crippen molar-refractivity contribution in [3.05, 3.63) is 45.7 Å². The van der Waals surface area contributed by atoms with Crippen LogP contribution in [0.3, 0.4) is 0 Å². The lowest BCUT2D eigenvalue weighted by molar-refractivity contribution is -0.109. The second kappa shape index (κ2) is 10.1. The number of hydrogen-bond donors (Lipinski definition) is 1. The molecule has 2 aliphatic rings. The number of fused-ring (bicyclic) bond motifs is 3. The predicted octanol–water partition coefficient (Wildman–Crippen LogP) is 3.26. The summed E-state index contributed by atoms with van der Waals surface area (Å²) >= 11 is 0. The lowest BCUT2D eigenvalue weighted by Crippen LogP contribution is -2.35. The molecule has 2 heterocycles. The first-order valence-corrected chi connectivity index (χ1v) is 13.9. The van der Waals surface area contributed by atoms with E-state index in [9.17, 15) is 23.1 Å². The molecule has 1 unspecified atom stereocenters. The normalized spacial score (nSPS) is 20.9. The average Bonchev–Trinajstić information content (AvgIpc) is 2.77. The van der Waals surface area contributed by atoms with Crippen LogP contribution < -0.4 is 10.2 Å². The van der Waals surface area contributed by atoms with Gasteiger partial charge >= 0.3 is 5.97 Å². The van der Waals surface area contributed by atoms with Gasteiger partial charge in [-0.3, -0.25) is 8.98 Å². The van der Waals surface area contributed by atoms with E-state index in [0.717, 1.165) is 17.4 Å². The molecule has 11 heteroatoms. The average molecular weight is 536 g/mol. The molecule has 1 aliphatic carbocycles. The molecule has 202 valence electrons. The fourth-order valence-electron chi connectivity index (χ4n) is 4.82. The van der Waals surface area contributed by atoms with E-state index >= 15 is 0 Å². The van der Waals surface area contributed by atoms with Gasteiger partial charge in [-0.1, -0.05) is 20.8 Å². The van der Waals surface area contributed by atoms with Crippen LogP contribution in [-0.4, -0.2) is 56.9 Å². The largest absolute Gasteiger partial charge is 0.504 e. The maximum atomic E-state index is 13.0. The number of benzene rings is 1. The zero-order valence-corrected chi connectivity index (χ0v) is 22.5. The predicted molar refractivity (Wildman–Crippen MR) is 135 cm³/mol. The summed E-state index contributed by atoms with van der Waals surface area (Å²) in [7, 11) is -2.01. The molecule has 1 atom stereocenters. The molecular weight excluding hydrogens is 502 g/mol. The van der Waals surface area contributed by atoms with Crippen LogP contribution in [0.1, 0.15) is 55.6 Å². The Balaban J connectivity index is 1.49. The van der Waals surface area contributed by atoms with E-state index in [2.05, 4.69) is 20.8 Å². The maximum absolute atomic E-state index is 13.0. The second-order valence-corrected chi connectivity index (χ2v) is 12.4. The Morgan fingerprint density at radius 1 is 1.19 bits per heavy atom. The van der Waals surface area contributed by atoms with Crippen molar-refractivity contribution in [3.63, 3.8) is 0 Å². The molecule has 10 nitrogen and oxygen atoms in total. The van der Waals surface area contributed by atoms with Crippen molar-refractivity contribution in [2.24, 2.45) is 11.3 Å². The molecule has 0 bridgehead atoms. The van der Waals surface area contributed by atoms with E-state index in [4.69, 9.17) is 18.4 Å². The van der Waals surface area contributed by atoms with Crippen molar-refractivity contribution < 1.29 is 36.7 Å². The van der Waals surface area contributed by atoms with E-state index in [-0.39, 0.29) is 48.2 Å². The van der Waals surface area contributed by atoms with Gasteiger partial charge in [0.25, 0.3) is 10.1 Å². The van der Waals surface area contributed by atoms with Crippen LogP contribution in [0.25, 0.3) is 11.3 Å². The second-order valence-electron chi connectivity index (χ2n) is 10.8. The molecule has 4 rings (SSSR count). The molecule has 0 radical (unpaired) electrons. The number of hydrogen-bond acceptors (Lipinski definition) is 9. The Bertz CT molecular complexity index is 1350. The highest BCUT2D eigenvalue weighted by Gasteiger charge is 2.35. The van der Waals surface area contributed by atoms with E-state index in [0.29, 0.717) is 30.7 Å². The number of rotatable bonds is 8. The molecule has 1 aromatic heterocycles. The van der Waals surface area contributed by atoms with Gasteiger partial charge in [0, 0.05) is 23.9 Å². The smallest absolute Gasteiger partial charge is 0.345 e. The number of carbonyl (C=O) groups excluding carboxylic acids is 1. The summed E-state index contributed by atoms with van der Waals surface area (Å²) in [6.45, 7) is 6.02. The van der Waals surface area contributed by atoms with Gasteiger partial charge in [-0.2, -0.15) is 8.42 Å². The van der Waals surface area contributed by atoms with Gasteiger partial charge in [-0.15, -0.1) is 0 Å². The summed E-state index contributed by atoms with van der Waals surface area (Å²) in [4.78, 5) is 25.8. The van der Waals surface area contributed by atoms with Crippen molar-refractivity contribution in [2.45, 2.75) is 52.2 Å². The van der Waals surface area contributed by atoms with Crippen molar-refractivity contribution in [2.75, 3.05) is 26.8 Å². The Kier molecular flexibility index (Phi) is 7.42. The monoisotopic (exact) mass is 535 g/mol. The molecule has 0 saturated heterocycles. The molecule has 1 aliphatic heterocycles. The molecule has 0 amide bonds. The number of nitrogens with zero attached hydrogens (tertiary/aromatic N) is 1. The summed E-state index contributed by atoms with van der Waals surface area (Å²) < 4.78 is 44.9. The zero-order chi connectivity index (χ0) is 27.1. The van der Waals surface area contributed by atoms with Crippen LogP contribution in [0.2, 0.25) is 0 Å². The molecule has 1 N–H and O–H groups in total. The molecule has 2 aromatic rings. The molecule has 1 fully saturated rings. The fraction of sp³-hybridized carbons (Fsp3) is 0.538. The topological polar surface area (TPSA) is 130 Å². The minimum absolute atomic E-state index is 0.0330. The van der Waals surface area contributed by atoms with Gasteiger partial charge in [0.05, 0.1) is 31.8 Å². The molecule has 1 saturated carbocycles. The fourth-order valence-corrected chi connectivity index (χ4v) is 5.26. The number of aromatic nitrogens is 1. The number of pyridine rings is 1. The van der Waals surface area contributed by atoms with Crippen LogP contribution >= 0.6 is 0 Å². The first kappa shape index (κ1) is 27.2. The van der Waals surface area contributed by atoms with Crippen LogP contribution in [-0.2, 0) is 30.2 Å². The van der Waals surface area contributed by atoms with Crippen molar-refractivity contribution in [3.8, 4) is 22.8 Å². The summed E-state index contributed by atoms with van der Waals surface area (Å²) in [5.74, 6) is -0.379. The van der Waals surface area contributed by atoms with E-state index in [1.165, 1.54) is 13.2 Å². The van der Waals surface area contributed by atoms with Crippen molar-refractivity contribution in [1.82, 2.24) is 4.57 Å². The number of phenolic OH excluding ortho intramolecular Hbond substituents is 1. The first-order chi connectivity index (χ1) is 17.3. The molecular formula is C26H33NO9S. The highest BCUT2D eigenvalue weighted by molar-refractivity contribution is 7.85. The van der Waals surface area contributed by atoms with Gasteiger partial charge in [0.2, 0.25) is 0 Å². The summed E-state index contributed by atoms with van der Waals surface area (Å²) in [6, 6.07) is 4.70. The maximum Gasteiger partial charge on any atom is 0.345 e. The number of carbonyl (C=O) groups is 1. The number of phenols is 1. The van der Waals surface area contributed by atoms with Gasteiger partial charge in [-0.05, 0) is 48.3 Å². The van der Waals surface area contributed by atoms with E-state index in [1.54, 1.807) is 18.3 Å². The summed E-state index contributed by atoms with van der Waals surface area (Å²) in [5, 5.41) is 10.3. The minimum Gasteiger partial charge on any atom is -0.504 e. The van der Waals surface area contributed by atoms with Crippen molar-refractivity contribution >= 4 is 16.1 Å². The summed E-state index contributed by atoms with van der Waals surface area (Å²) in [6.07, 6.45) is 4.17. The van der Waals surface area contributed by atoms with Gasteiger partial charge in [0.1, 0.15) is 5.56 Å². The van der Waals surface area contributed by atoms with Crippen LogP contribution in [0, 0.1) is 11.3 Å². The molecule has 37 heavy (non-hydrogen) atoms. The highest BCUT2D eigenvalue weighted by atomic mass is 32.2. The third kappa shape index (κ3) is 6.00. The Hall–Kier alpha value is -2.89. The highest BCUT2D eigenvalue weighted by Crippen LogP contribution is 2.45. The van der Waals surface area contributed by atoms with Crippen molar-refractivity contribution in [1.29, 1.82) is 0 Å². The Morgan fingerprint density at radius 2 is 1.89 bits per heavy atom. The zero-order valence-electron chi connectivity index (χ0n) is 21.6. The number of methoxy groups -OCH3 is 1. The number of aromatic hydroxyl groups is 1. The number of ether oxygens (including phenoxy) is 3. The lowest BCUT2D eigenvalue weighted by atomic mass is 9.78. The third-order valence-electron chi connectivity index (χ3n) is 6.93. The molecule has 0 spiro atoms. The van der Waals surface area contributed by atoms with Crippen LogP contribution in [0.15, 0.2) is 29.2 Å². The van der Waals surface area contributed by atoms with Crippen LogP contribution in [0.5, 0.6) is 11.5 Å². The van der Waals surface area contributed by atoms with Gasteiger partial charge in [-0.25, -0.2) is 4.79 Å². The lowest BCUT2D eigenvalue weighted by Gasteiger charge is -2.39. The number of esters is 1. The Labute approximate surface area is 216 Å². The van der Waals surface area contributed by atoms with Gasteiger partial charge in [0.15, 0.2) is 23.7 Å². The third-order valence-corrected chi connectivity index (χ3v) is 7.50. The molecule has 1 aromatic carbocycles. The first-order valence-electron chi connectivity index (χ1n) is 12.1. The Morgan fingerprint density at radius 3 is 2.51 bits per heavy atom. The standard InChI is InChI=1S/C26H33NO9S/c1-26(2,3)24-9-16-8-22(29)23(33-4)10-18(16)20-11-21(28)19(12-27(20)24)25(30)35-14-34-17-6-15(7-17)13-36-37(5,31)32/h8,10-12,15,17,24,29H,6-7,9,13-14H2,1-5H3. The summed E-state index contributed by atoms with van der Waals surface area (Å²) in [5.41, 5.74) is 1.49. The SMILES string of the molecule is COc1cc2c(cc1O)CC(C(C)(C)C)n1cc(C(=O)OCOC3CC(COS(C)(=O)=O)C3)c(=O)cc1-2. The minimum atomic E-state index is -3.48. The van der Waals surface area contributed by atoms with Crippen LogP contribution in [0.4, 0.5) is 0 Å². The van der Waals surface area contributed by atoms with E-state index < -0.39 is 21.5 Å². The van der Waals surface area contributed by atoms with E-state index in [1.807, 2.05) is 4.57 Å².